The van der Waals surface area contributed by atoms with E-state index in [1.54, 1.807) is 0 Å². The van der Waals surface area contributed by atoms with Gasteiger partial charge >= 0.3 is 0 Å². The van der Waals surface area contributed by atoms with Gasteiger partial charge in [0.05, 0.1) is 0 Å². The van der Waals surface area contributed by atoms with E-state index < -0.39 is 5.54 Å². The normalized spacial score (nSPS) is 33.4. The van der Waals surface area contributed by atoms with Crippen LogP contribution in [0.25, 0.3) is 0 Å². The fourth-order valence-corrected chi connectivity index (χ4v) is 6.14. The average molecular weight is 396 g/mol. The van der Waals surface area contributed by atoms with Gasteiger partial charge in [0, 0.05) is 37.2 Å². The molecular formula is C25H37N3O. The van der Waals surface area contributed by atoms with Crippen LogP contribution in [0, 0.1) is 29.6 Å². The van der Waals surface area contributed by atoms with Crippen LogP contribution in [0.3, 0.4) is 0 Å². The van der Waals surface area contributed by atoms with Gasteiger partial charge in [-0.1, -0.05) is 58.0 Å². The first-order valence-corrected chi connectivity index (χ1v) is 11.5. The van der Waals surface area contributed by atoms with Gasteiger partial charge in [0.25, 0.3) is 0 Å². The first kappa shape index (κ1) is 20.6. The highest BCUT2D eigenvalue weighted by atomic mass is 16.2. The fraction of sp³-hybridized carbons (Fsp3) is 0.680. The lowest BCUT2D eigenvalue weighted by Gasteiger charge is -2.60. The van der Waals surface area contributed by atoms with Crippen molar-refractivity contribution in [2.75, 3.05) is 13.1 Å². The van der Waals surface area contributed by atoms with Crippen molar-refractivity contribution in [2.45, 2.75) is 65.1 Å². The number of carbonyl (C=O) groups is 1. The highest BCUT2D eigenvalue weighted by Gasteiger charge is 2.61. The van der Waals surface area contributed by atoms with E-state index in [0.29, 0.717) is 42.2 Å². The molecule has 1 N–H and O–H groups in total. The smallest absolute Gasteiger partial charge is 0.248 e. The lowest BCUT2D eigenvalue weighted by atomic mass is 9.54. The maximum atomic E-state index is 13.7. The van der Waals surface area contributed by atoms with Crippen molar-refractivity contribution in [3.05, 3.63) is 35.9 Å². The number of hydrogen-bond donors (Lipinski definition) is 1. The van der Waals surface area contributed by atoms with Crippen LogP contribution < -0.4 is 5.32 Å². The molecule has 1 saturated carbocycles. The molecule has 5 atom stereocenters. The van der Waals surface area contributed by atoms with Crippen LogP contribution in [-0.2, 0) is 11.3 Å². The summed E-state index contributed by atoms with van der Waals surface area (Å²) in [5.41, 5.74) is 0.562. The maximum absolute atomic E-state index is 13.7. The van der Waals surface area contributed by atoms with Crippen LogP contribution in [-0.4, -0.2) is 41.7 Å². The van der Waals surface area contributed by atoms with Crippen LogP contribution in [0.15, 0.2) is 35.3 Å². The Bertz CT molecular complexity index is 744. The Balaban J connectivity index is 1.62. The fourth-order valence-electron chi connectivity index (χ4n) is 6.14. The van der Waals surface area contributed by atoms with Gasteiger partial charge in [0.15, 0.2) is 0 Å². The van der Waals surface area contributed by atoms with Crippen LogP contribution in [0.5, 0.6) is 0 Å². The molecule has 1 saturated heterocycles. The predicted octanol–water partition coefficient (Wildman–Crippen LogP) is 4.15. The monoisotopic (exact) mass is 395 g/mol. The zero-order valence-electron chi connectivity index (χ0n) is 18.5. The molecule has 0 spiro atoms. The molecule has 4 bridgehead atoms. The van der Waals surface area contributed by atoms with E-state index >= 15 is 0 Å². The number of benzene rings is 1. The number of amides is 1. The lowest BCUT2D eigenvalue weighted by Crippen LogP contribution is -2.70. The molecule has 1 amide bonds. The van der Waals surface area contributed by atoms with Gasteiger partial charge in [-0.2, -0.15) is 0 Å². The molecule has 0 radical (unpaired) electrons. The van der Waals surface area contributed by atoms with Gasteiger partial charge in [-0.25, -0.2) is 0 Å². The summed E-state index contributed by atoms with van der Waals surface area (Å²) in [6.07, 6.45) is 5.36. The Morgan fingerprint density at radius 1 is 1.21 bits per heavy atom. The third-order valence-corrected chi connectivity index (χ3v) is 7.24. The molecule has 0 aromatic heterocycles. The second-order valence-electron chi connectivity index (χ2n) is 10.3. The zero-order chi connectivity index (χ0) is 20.6. The topological polar surface area (TPSA) is 44.7 Å². The molecule has 1 aromatic carbocycles. The third-order valence-electron chi connectivity index (χ3n) is 7.24. The Kier molecular flexibility index (Phi) is 5.83. The molecule has 4 nitrogen and oxygen atoms in total. The van der Waals surface area contributed by atoms with Crippen molar-refractivity contribution in [3.8, 4) is 0 Å². The van der Waals surface area contributed by atoms with Crippen LogP contribution in [0.1, 0.15) is 52.5 Å². The third kappa shape index (κ3) is 3.88. The number of nitrogens with one attached hydrogen (secondary N) is 1. The van der Waals surface area contributed by atoms with Crippen LogP contribution in [0.2, 0.25) is 0 Å². The summed E-state index contributed by atoms with van der Waals surface area (Å²) in [5.74, 6) is 2.79. The molecule has 158 valence electrons. The molecule has 4 heteroatoms. The molecule has 4 aliphatic rings. The van der Waals surface area contributed by atoms with Crippen LogP contribution in [0.4, 0.5) is 0 Å². The largest absolute Gasteiger partial charge is 0.350 e. The number of likely N-dealkylation sites (tertiary alicyclic amines) is 1. The summed E-state index contributed by atoms with van der Waals surface area (Å²) in [4.78, 5) is 21.4. The van der Waals surface area contributed by atoms with Crippen molar-refractivity contribution in [1.29, 1.82) is 0 Å². The summed E-state index contributed by atoms with van der Waals surface area (Å²) in [6.45, 7) is 12.1. The van der Waals surface area contributed by atoms with E-state index in [9.17, 15) is 4.79 Å². The van der Waals surface area contributed by atoms with Gasteiger partial charge in [0.2, 0.25) is 5.91 Å². The number of nitrogens with zero attached hydrogens (tertiary/aromatic N) is 2. The number of carbonyl (C=O) groups excluding carboxylic acids is 1. The first-order valence-electron chi connectivity index (χ1n) is 11.5. The van der Waals surface area contributed by atoms with Gasteiger partial charge < -0.3 is 5.32 Å². The Morgan fingerprint density at radius 3 is 2.66 bits per heavy atom. The maximum Gasteiger partial charge on any atom is 0.248 e. The minimum absolute atomic E-state index is 0.141. The van der Waals surface area contributed by atoms with Crippen molar-refractivity contribution in [2.24, 2.45) is 34.6 Å². The van der Waals surface area contributed by atoms with Gasteiger partial charge in [-0.3, -0.25) is 14.7 Å². The number of hydrogen-bond acceptors (Lipinski definition) is 3. The average Bonchev–Trinajstić information content (AvgIpc) is 2.70. The standard InChI is InChI=1S/C25H37N3O/c1-17(2)12-22-23-21-15-27-25(22,13-20(21)10-11-28(23)16-18(3)4)24(29)26-14-19-8-6-5-7-9-19/h5-9,15,17-18,20-23H,10-14,16H2,1-4H3,(H,26,29). The van der Waals surface area contributed by atoms with E-state index in [1.807, 2.05) is 18.2 Å². The summed E-state index contributed by atoms with van der Waals surface area (Å²) in [7, 11) is 0. The molecule has 5 unspecified atom stereocenters. The Morgan fingerprint density at radius 2 is 1.97 bits per heavy atom. The molecule has 3 heterocycles. The van der Waals surface area contributed by atoms with Crippen molar-refractivity contribution in [1.82, 2.24) is 10.2 Å². The predicted molar refractivity (Wildman–Crippen MR) is 119 cm³/mol. The number of piperidine rings is 1. The van der Waals surface area contributed by atoms with Crippen molar-refractivity contribution >= 4 is 12.1 Å². The highest BCUT2D eigenvalue weighted by Crippen LogP contribution is 2.53. The van der Waals surface area contributed by atoms with E-state index in [4.69, 9.17) is 4.99 Å². The second kappa shape index (κ2) is 8.22. The highest BCUT2D eigenvalue weighted by molar-refractivity contribution is 5.91. The van der Waals surface area contributed by atoms with E-state index in [0.717, 1.165) is 24.9 Å². The Labute approximate surface area is 176 Å². The van der Waals surface area contributed by atoms with Crippen LogP contribution >= 0.6 is 0 Å². The van der Waals surface area contributed by atoms with Crippen molar-refractivity contribution in [3.63, 3.8) is 0 Å². The minimum Gasteiger partial charge on any atom is -0.350 e. The van der Waals surface area contributed by atoms with E-state index in [1.165, 1.54) is 13.0 Å². The SMILES string of the molecule is CC(C)CC1C2C3C=NC1(C(=O)NCc1ccccc1)CC3CCN2CC(C)C. The molecule has 3 aliphatic heterocycles. The second-order valence-corrected chi connectivity index (χ2v) is 10.3. The number of aliphatic imine (C=N–C) groups is 1. The molecular weight excluding hydrogens is 358 g/mol. The van der Waals surface area contributed by atoms with E-state index in [-0.39, 0.29) is 5.91 Å². The lowest BCUT2D eigenvalue weighted by molar-refractivity contribution is -0.139. The molecule has 29 heavy (non-hydrogen) atoms. The van der Waals surface area contributed by atoms with Crippen molar-refractivity contribution < 1.29 is 4.79 Å². The summed E-state index contributed by atoms with van der Waals surface area (Å²) in [6, 6.07) is 10.7. The minimum atomic E-state index is -0.585. The van der Waals surface area contributed by atoms with E-state index in [2.05, 4.69) is 56.3 Å². The van der Waals surface area contributed by atoms with Gasteiger partial charge in [0.1, 0.15) is 5.54 Å². The molecule has 1 aliphatic carbocycles. The summed E-state index contributed by atoms with van der Waals surface area (Å²) < 4.78 is 0. The molecule has 5 rings (SSSR count). The quantitative estimate of drug-likeness (QED) is 0.754. The molecule has 1 aromatic rings. The zero-order valence-corrected chi connectivity index (χ0v) is 18.5. The first-order chi connectivity index (χ1) is 13.9. The van der Waals surface area contributed by atoms with Gasteiger partial charge in [-0.05, 0) is 49.1 Å². The summed E-state index contributed by atoms with van der Waals surface area (Å²) in [5, 5.41) is 3.26. The Hall–Kier alpha value is -1.68. The number of rotatable bonds is 7. The molecule has 2 fully saturated rings. The summed E-state index contributed by atoms with van der Waals surface area (Å²) >= 11 is 0. The van der Waals surface area contributed by atoms with Gasteiger partial charge in [-0.15, -0.1) is 0 Å².